The zero-order valence-corrected chi connectivity index (χ0v) is 15.2. The number of Topliss-reactive ketones (excluding diaryl/α,β-unsaturated/α-hetero) is 1. The first-order valence-corrected chi connectivity index (χ1v) is 8.90. The van der Waals surface area contributed by atoms with Gasteiger partial charge < -0.3 is 4.42 Å². The van der Waals surface area contributed by atoms with Crippen LogP contribution in [0.15, 0.2) is 71.9 Å². The molecule has 6 nitrogen and oxygen atoms in total. The number of pyridine rings is 2. The third-order valence-corrected chi connectivity index (χ3v) is 4.78. The van der Waals surface area contributed by atoms with Crippen LogP contribution in [0.3, 0.4) is 0 Å². The summed E-state index contributed by atoms with van der Waals surface area (Å²) in [5.41, 5.74) is 3.94. The monoisotopic (exact) mass is 368 g/mol. The van der Waals surface area contributed by atoms with Crippen molar-refractivity contribution in [1.82, 2.24) is 19.7 Å². The standard InChI is InChI=1S/C22H16N4O2/c1-26-13-18(11-25-26)14-2-3-16-10-23-19(7-17(16)6-14)9-21(27)20-8-15-4-5-28-22(15)12-24-20/h2-8,10-13H,9H2,1H3. The number of furan rings is 1. The van der Waals surface area contributed by atoms with Crippen molar-refractivity contribution in [1.29, 1.82) is 0 Å². The van der Waals surface area contributed by atoms with Gasteiger partial charge >= 0.3 is 0 Å². The maximum Gasteiger partial charge on any atom is 0.187 e. The number of rotatable bonds is 4. The van der Waals surface area contributed by atoms with E-state index in [-0.39, 0.29) is 12.2 Å². The maximum atomic E-state index is 12.7. The van der Waals surface area contributed by atoms with Crippen molar-refractivity contribution >= 4 is 27.5 Å². The molecule has 0 bridgehead atoms. The molecule has 136 valence electrons. The fourth-order valence-electron chi connectivity index (χ4n) is 3.31. The minimum Gasteiger partial charge on any atom is -0.463 e. The molecule has 0 aliphatic rings. The number of carbonyl (C=O) groups is 1. The van der Waals surface area contributed by atoms with Crippen molar-refractivity contribution in [3.05, 3.63) is 78.8 Å². The zero-order valence-electron chi connectivity index (χ0n) is 15.2. The molecule has 0 radical (unpaired) electrons. The first-order valence-electron chi connectivity index (χ1n) is 8.90. The van der Waals surface area contributed by atoms with Gasteiger partial charge in [-0.15, -0.1) is 0 Å². The number of hydrogen-bond acceptors (Lipinski definition) is 5. The second-order valence-corrected chi connectivity index (χ2v) is 6.77. The van der Waals surface area contributed by atoms with Gasteiger partial charge in [-0.2, -0.15) is 5.10 Å². The second kappa shape index (κ2) is 6.42. The van der Waals surface area contributed by atoms with Gasteiger partial charge in [-0.1, -0.05) is 12.1 Å². The van der Waals surface area contributed by atoms with Gasteiger partial charge in [0, 0.05) is 41.5 Å². The first kappa shape index (κ1) is 16.4. The topological polar surface area (TPSA) is 73.8 Å². The molecule has 4 aromatic heterocycles. The van der Waals surface area contributed by atoms with Crippen molar-refractivity contribution in [2.75, 3.05) is 0 Å². The number of nitrogens with zero attached hydrogens (tertiary/aromatic N) is 4. The molecule has 0 fully saturated rings. The SMILES string of the molecule is Cn1cc(-c2ccc3cnc(CC(=O)c4cc5ccoc5cn4)cc3c2)cn1. The average Bonchev–Trinajstić information content (AvgIpc) is 3.35. The molecule has 6 heteroatoms. The van der Waals surface area contributed by atoms with E-state index < -0.39 is 0 Å². The number of carbonyl (C=O) groups excluding carboxylic acids is 1. The summed E-state index contributed by atoms with van der Waals surface area (Å²) in [6, 6.07) is 11.7. The van der Waals surface area contributed by atoms with E-state index in [9.17, 15) is 4.79 Å². The van der Waals surface area contributed by atoms with Crippen molar-refractivity contribution < 1.29 is 9.21 Å². The van der Waals surface area contributed by atoms with Gasteiger partial charge in [-0.25, -0.2) is 4.98 Å². The largest absolute Gasteiger partial charge is 0.463 e. The fourth-order valence-corrected chi connectivity index (χ4v) is 3.31. The first-order chi connectivity index (χ1) is 13.7. The van der Waals surface area contributed by atoms with Crippen molar-refractivity contribution in [2.24, 2.45) is 7.05 Å². The molecule has 0 amide bonds. The highest BCUT2D eigenvalue weighted by atomic mass is 16.3. The molecule has 4 heterocycles. The molecule has 0 saturated carbocycles. The van der Waals surface area contributed by atoms with Gasteiger partial charge in [0.15, 0.2) is 11.4 Å². The van der Waals surface area contributed by atoms with Gasteiger partial charge in [0.25, 0.3) is 0 Å². The quantitative estimate of drug-likeness (QED) is 0.445. The number of aryl methyl sites for hydroxylation is 1. The summed E-state index contributed by atoms with van der Waals surface area (Å²) in [5, 5.41) is 7.16. The van der Waals surface area contributed by atoms with Crippen LogP contribution >= 0.6 is 0 Å². The van der Waals surface area contributed by atoms with Crippen LogP contribution in [0, 0.1) is 0 Å². The Kier molecular flexibility index (Phi) is 3.76. The van der Waals surface area contributed by atoms with Crippen molar-refractivity contribution in [3.8, 4) is 11.1 Å². The van der Waals surface area contributed by atoms with Gasteiger partial charge in [0.2, 0.25) is 0 Å². The molecule has 0 spiro atoms. The lowest BCUT2D eigenvalue weighted by Gasteiger charge is -2.05. The maximum absolute atomic E-state index is 12.7. The van der Waals surface area contributed by atoms with E-state index in [2.05, 4.69) is 27.2 Å². The Balaban J connectivity index is 1.45. The molecule has 28 heavy (non-hydrogen) atoms. The Bertz CT molecular complexity index is 1330. The van der Waals surface area contributed by atoms with Gasteiger partial charge in [-0.05, 0) is 35.2 Å². The molecular weight excluding hydrogens is 352 g/mol. The van der Waals surface area contributed by atoms with Crippen molar-refractivity contribution in [2.45, 2.75) is 6.42 Å². The predicted octanol–water partition coefficient (Wildman–Crippen LogP) is 4.20. The van der Waals surface area contributed by atoms with E-state index in [1.165, 1.54) is 0 Å². The summed E-state index contributed by atoms with van der Waals surface area (Å²) in [5.74, 6) is -0.0710. The average molecular weight is 368 g/mol. The van der Waals surface area contributed by atoms with Crippen LogP contribution in [-0.2, 0) is 13.5 Å². The van der Waals surface area contributed by atoms with E-state index in [4.69, 9.17) is 4.42 Å². The van der Waals surface area contributed by atoms with Crippen LogP contribution in [0.25, 0.3) is 32.9 Å². The fraction of sp³-hybridized carbons (Fsp3) is 0.0909. The lowest BCUT2D eigenvalue weighted by atomic mass is 10.0. The number of hydrogen-bond donors (Lipinski definition) is 0. The highest BCUT2D eigenvalue weighted by Crippen LogP contribution is 2.24. The molecule has 0 N–H and O–H groups in total. The molecular formula is C22H16N4O2. The molecule has 0 atom stereocenters. The van der Waals surface area contributed by atoms with E-state index in [1.807, 2.05) is 37.6 Å². The normalized spacial score (nSPS) is 11.3. The summed E-state index contributed by atoms with van der Waals surface area (Å²) in [6.45, 7) is 0. The lowest BCUT2D eigenvalue weighted by molar-refractivity contribution is 0.0987. The second-order valence-electron chi connectivity index (χ2n) is 6.77. The summed E-state index contributed by atoms with van der Waals surface area (Å²) in [4.78, 5) is 21.3. The van der Waals surface area contributed by atoms with Crippen LogP contribution in [0.1, 0.15) is 16.2 Å². The Morgan fingerprint density at radius 1 is 0.964 bits per heavy atom. The third kappa shape index (κ3) is 2.95. The van der Waals surface area contributed by atoms with Crippen LogP contribution in [0.2, 0.25) is 0 Å². The predicted molar refractivity (Wildman–Crippen MR) is 106 cm³/mol. The highest BCUT2D eigenvalue weighted by molar-refractivity contribution is 5.98. The van der Waals surface area contributed by atoms with E-state index in [0.717, 1.165) is 33.0 Å². The number of aromatic nitrogens is 4. The van der Waals surface area contributed by atoms with Gasteiger partial charge in [0.1, 0.15) is 5.69 Å². The molecule has 0 aliphatic heterocycles. The lowest BCUT2D eigenvalue weighted by Crippen LogP contribution is -2.07. The van der Waals surface area contributed by atoms with E-state index in [0.29, 0.717) is 11.3 Å². The molecule has 1 aromatic carbocycles. The molecule has 5 aromatic rings. The number of fused-ring (bicyclic) bond motifs is 2. The third-order valence-electron chi connectivity index (χ3n) is 4.78. The van der Waals surface area contributed by atoms with E-state index in [1.54, 1.807) is 29.4 Å². The summed E-state index contributed by atoms with van der Waals surface area (Å²) >= 11 is 0. The van der Waals surface area contributed by atoms with Gasteiger partial charge in [0.05, 0.1) is 25.1 Å². The van der Waals surface area contributed by atoms with Gasteiger partial charge in [-0.3, -0.25) is 14.5 Å². The molecule has 0 saturated heterocycles. The number of benzene rings is 1. The van der Waals surface area contributed by atoms with Crippen LogP contribution in [-0.4, -0.2) is 25.5 Å². The Morgan fingerprint density at radius 2 is 1.89 bits per heavy atom. The van der Waals surface area contributed by atoms with Crippen LogP contribution in [0.5, 0.6) is 0 Å². The molecule has 0 unspecified atom stereocenters. The zero-order chi connectivity index (χ0) is 19.1. The summed E-state index contributed by atoms with van der Waals surface area (Å²) < 4.78 is 7.05. The number of ketones is 1. The molecule has 5 rings (SSSR count). The minimum atomic E-state index is -0.0710. The van der Waals surface area contributed by atoms with E-state index >= 15 is 0 Å². The minimum absolute atomic E-state index is 0.0710. The smallest absolute Gasteiger partial charge is 0.187 e. The Labute approximate surface area is 160 Å². The molecule has 0 aliphatic carbocycles. The van der Waals surface area contributed by atoms with Crippen molar-refractivity contribution in [3.63, 3.8) is 0 Å². The highest BCUT2D eigenvalue weighted by Gasteiger charge is 2.12. The van der Waals surface area contributed by atoms with Crippen LogP contribution in [0.4, 0.5) is 0 Å². The van der Waals surface area contributed by atoms with Crippen LogP contribution < -0.4 is 0 Å². The Hall–Kier alpha value is -3.80. The Morgan fingerprint density at radius 3 is 2.75 bits per heavy atom. The summed E-state index contributed by atoms with van der Waals surface area (Å²) in [7, 11) is 1.90. The summed E-state index contributed by atoms with van der Waals surface area (Å²) in [6.07, 6.45) is 8.98.